The summed E-state index contributed by atoms with van der Waals surface area (Å²) in [6, 6.07) is 17.9. The Morgan fingerprint density at radius 1 is 0.947 bits per heavy atom. The van der Waals surface area contributed by atoms with E-state index in [-0.39, 0.29) is 17.7 Å². The fourth-order valence-electron chi connectivity index (χ4n) is 4.61. The van der Waals surface area contributed by atoms with Gasteiger partial charge in [0.2, 0.25) is 0 Å². The third-order valence-electron chi connectivity index (χ3n) is 6.83. The molecule has 1 heterocycles. The average molecular weight is 520 g/mol. The minimum atomic E-state index is -0.759. The molecule has 4 rings (SSSR count). The molecule has 0 saturated carbocycles. The second-order valence-corrected chi connectivity index (χ2v) is 9.34. The van der Waals surface area contributed by atoms with Crippen LogP contribution in [0.25, 0.3) is 11.1 Å². The number of rotatable bonds is 9. The SMILES string of the molecule is COc1cccc(-c2c(C)n(Cc3c(F)cccc3F)c(=O)n([C@@H](C)CNCc3ccccc3C)c2=O)c1. The van der Waals surface area contributed by atoms with Gasteiger partial charge in [-0.05, 0) is 61.7 Å². The topological polar surface area (TPSA) is 65.3 Å². The third kappa shape index (κ3) is 5.45. The summed E-state index contributed by atoms with van der Waals surface area (Å²) >= 11 is 0. The lowest BCUT2D eigenvalue weighted by Crippen LogP contribution is -2.45. The molecule has 3 aromatic carbocycles. The van der Waals surface area contributed by atoms with Crippen molar-refractivity contribution >= 4 is 0 Å². The molecule has 1 N–H and O–H groups in total. The van der Waals surface area contributed by atoms with Crippen molar-refractivity contribution in [2.24, 2.45) is 0 Å². The number of aromatic nitrogens is 2. The Labute approximate surface area is 220 Å². The normalized spacial score (nSPS) is 11.9. The highest BCUT2D eigenvalue weighted by molar-refractivity contribution is 5.66. The molecule has 0 aliphatic heterocycles. The van der Waals surface area contributed by atoms with E-state index in [2.05, 4.69) is 5.32 Å². The van der Waals surface area contributed by atoms with E-state index in [9.17, 15) is 18.4 Å². The first-order valence-corrected chi connectivity index (χ1v) is 12.4. The van der Waals surface area contributed by atoms with Gasteiger partial charge in [0.1, 0.15) is 17.4 Å². The molecule has 1 atom stereocenters. The summed E-state index contributed by atoms with van der Waals surface area (Å²) in [5.74, 6) is -0.978. The number of nitrogens with zero attached hydrogens (tertiary/aromatic N) is 2. The summed E-state index contributed by atoms with van der Waals surface area (Å²) in [6.45, 7) is 5.94. The molecule has 0 saturated heterocycles. The van der Waals surface area contributed by atoms with Gasteiger partial charge in [0.15, 0.2) is 0 Å². The molecule has 8 heteroatoms. The molecular formula is C30H31F2N3O3. The van der Waals surface area contributed by atoms with Gasteiger partial charge in [0, 0.05) is 24.3 Å². The van der Waals surface area contributed by atoms with Crippen LogP contribution in [0.2, 0.25) is 0 Å². The lowest BCUT2D eigenvalue weighted by Gasteiger charge is -2.22. The first-order valence-electron chi connectivity index (χ1n) is 12.4. The Morgan fingerprint density at radius 3 is 2.32 bits per heavy atom. The molecule has 0 amide bonds. The van der Waals surface area contributed by atoms with Crippen LogP contribution in [0.4, 0.5) is 8.78 Å². The molecule has 38 heavy (non-hydrogen) atoms. The highest BCUT2D eigenvalue weighted by atomic mass is 19.1. The molecule has 0 bridgehead atoms. The molecule has 0 aliphatic carbocycles. The summed E-state index contributed by atoms with van der Waals surface area (Å²) < 4.78 is 36.9. The average Bonchev–Trinajstić information content (AvgIpc) is 2.89. The second-order valence-electron chi connectivity index (χ2n) is 9.34. The van der Waals surface area contributed by atoms with E-state index in [1.54, 1.807) is 38.1 Å². The van der Waals surface area contributed by atoms with E-state index in [4.69, 9.17) is 4.74 Å². The number of methoxy groups -OCH3 is 1. The van der Waals surface area contributed by atoms with Gasteiger partial charge in [0.05, 0.1) is 25.3 Å². The van der Waals surface area contributed by atoms with Crippen molar-refractivity contribution in [2.45, 2.75) is 39.9 Å². The van der Waals surface area contributed by atoms with Gasteiger partial charge >= 0.3 is 5.69 Å². The van der Waals surface area contributed by atoms with Crippen LogP contribution in [0.1, 0.15) is 35.3 Å². The standard InChI is InChI=1S/C30H31F2N3O3/c1-19-9-5-6-10-23(19)17-33-16-20(2)35-29(36)28(22-11-7-12-24(15-22)38-4)21(3)34(30(35)37)18-25-26(31)13-8-14-27(25)32/h5-15,20,33H,16-18H2,1-4H3/t20-/m0/s1. The van der Waals surface area contributed by atoms with Crippen LogP contribution in [0.3, 0.4) is 0 Å². The molecule has 1 aromatic heterocycles. The zero-order chi connectivity index (χ0) is 27.4. The predicted molar refractivity (Wildman–Crippen MR) is 145 cm³/mol. The number of benzene rings is 3. The van der Waals surface area contributed by atoms with E-state index in [0.29, 0.717) is 30.1 Å². The number of hydrogen-bond acceptors (Lipinski definition) is 4. The fraction of sp³-hybridized carbons (Fsp3) is 0.267. The molecule has 0 unspecified atom stereocenters. The number of ether oxygens (including phenoxy) is 1. The van der Waals surface area contributed by atoms with Crippen LogP contribution >= 0.6 is 0 Å². The van der Waals surface area contributed by atoms with Gasteiger partial charge < -0.3 is 10.1 Å². The maximum Gasteiger partial charge on any atom is 0.331 e. The molecule has 0 radical (unpaired) electrons. The lowest BCUT2D eigenvalue weighted by molar-refractivity contribution is 0.415. The number of aryl methyl sites for hydroxylation is 1. The monoisotopic (exact) mass is 519 g/mol. The van der Waals surface area contributed by atoms with Gasteiger partial charge in [-0.2, -0.15) is 0 Å². The minimum absolute atomic E-state index is 0.246. The Kier molecular flexibility index (Phi) is 8.22. The highest BCUT2D eigenvalue weighted by Crippen LogP contribution is 2.25. The maximum atomic E-state index is 14.6. The van der Waals surface area contributed by atoms with Crippen LogP contribution in [-0.4, -0.2) is 22.8 Å². The predicted octanol–water partition coefficient (Wildman–Crippen LogP) is 4.98. The Balaban J connectivity index is 1.81. The van der Waals surface area contributed by atoms with Gasteiger partial charge in [-0.15, -0.1) is 0 Å². The summed E-state index contributed by atoms with van der Waals surface area (Å²) in [5, 5.41) is 3.33. The summed E-state index contributed by atoms with van der Waals surface area (Å²) in [7, 11) is 1.52. The Morgan fingerprint density at radius 2 is 1.63 bits per heavy atom. The first kappa shape index (κ1) is 27.0. The second kappa shape index (κ2) is 11.6. The molecule has 4 aromatic rings. The van der Waals surface area contributed by atoms with E-state index < -0.39 is 28.9 Å². The fourth-order valence-corrected chi connectivity index (χ4v) is 4.61. The molecule has 6 nitrogen and oxygen atoms in total. The van der Waals surface area contributed by atoms with Crippen molar-refractivity contribution in [1.29, 1.82) is 0 Å². The summed E-state index contributed by atoms with van der Waals surface area (Å²) in [6.07, 6.45) is 0. The molecule has 0 fully saturated rings. The zero-order valence-electron chi connectivity index (χ0n) is 21.9. The molecule has 0 aliphatic rings. The van der Waals surface area contributed by atoms with Crippen LogP contribution < -0.4 is 21.3 Å². The quantitative estimate of drug-likeness (QED) is 0.339. The maximum absolute atomic E-state index is 14.6. The van der Waals surface area contributed by atoms with Gasteiger partial charge in [-0.3, -0.25) is 13.9 Å². The van der Waals surface area contributed by atoms with Crippen molar-refractivity contribution in [2.75, 3.05) is 13.7 Å². The van der Waals surface area contributed by atoms with Crippen molar-refractivity contribution < 1.29 is 13.5 Å². The van der Waals surface area contributed by atoms with Crippen LogP contribution in [0.5, 0.6) is 5.75 Å². The number of halogens is 2. The van der Waals surface area contributed by atoms with E-state index in [1.165, 1.54) is 17.7 Å². The minimum Gasteiger partial charge on any atom is -0.497 e. The highest BCUT2D eigenvalue weighted by Gasteiger charge is 2.23. The van der Waals surface area contributed by atoms with Crippen LogP contribution in [0, 0.1) is 25.5 Å². The largest absolute Gasteiger partial charge is 0.497 e. The Hall–Kier alpha value is -4.04. The van der Waals surface area contributed by atoms with Gasteiger partial charge in [-0.25, -0.2) is 13.6 Å². The first-order chi connectivity index (χ1) is 18.2. The van der Waals surface area contributed by atoms with Crippen LogP contribution in [-0.2, 0) is 13.1 Å². The van der Waals surface area contributed by atoms with Gasteiger partial charge in [0.25, 0.3) is 5.56 Å². The van der Waals surface area contributed by atoms with Crippen molar-refractivity contribution in [3.05, 3.63) is 122 Å². The van der Waals surface area contributed by atoms with Crippen molar-refractivity contribution in [3.63, 3.8) is 0 Å². The van der Waals surface area contributed by atoms with Gasteiger partial charge in [-0.1, -0.05) is 42.5 Å². The van der Waals surface area contributed by atoms with E-state index >= 15 is 0 Å². The third-order valence-corrected chi connectivity index (χ3v) is 6.83. The van der Waals surface area contributed by atoms with E-state index in [0.717, 1.165) is 27.8 Å². The van der Waals surface area contributed by atoms with Crippen molar-refractivity contribution in [3.8, 4) is 16.9 Å². The molecule has 198 valence electrons. The Bertz CT molecular complexity index is 1560. The number of hydrogen-bond donors (Lipinski definition) is 1. The van der Waals surface area contributed by atoms with Crippen LogP contribution in [0.15, 0.2) is 76.3 Å². The molecular weight excluding hydrogens is 488 g/mol. The summed E-state index contributed by atoms with van der Waals surface area (Å²) in [5.41, 5.74) is 2.02. The molecule has 0 spiro atoms. The zero-order valence-corrected chi connectivity index (χ0v) is 21.9. The summed E-state index contributed by atoms with van der Waals surface area (Å²) in [4.78, 5) is 27.5. The van der Waals surface area contributed by atoms with Crippen molar-refractivity contribution in [1.82, 2.24) is 14.5 Å². The van der Waals surface area contributed by atoms with E-state index in [1.807, 2.05) is 31.2 Å². The smallest absolute Gasteiger partial charge is 0.331 e. The number of nitrogens with one attached hydrogen (secondary N) is 1. The lowest BCUT2D eigenvalue weighted by atomic mass is 10.0.